The van der Waals surface area contributed by atoms with E-state index in [0.29, 0.717) is 40.4 Å². The Morgan fingerprint density at radius 3 is 2.36 bits per heavy atom. The van der Waals surface area contributed by atoms with Crippen molar-refractivity contribution in [2.45, 2.75) is 65.8 Å². The Balaban J connectivity index is 1.89. The highest BCUT2D eigenvalue weighted by Crippen LogP contribution is 2.37. The second-order valence-electron chi connectivity index (χ2n) is 11.0. The highest BCUT2D eigenvalue weighted by molar-refractivity contribution is 6.08. The number of fused-ring (bicyclic) bond motifs is 1. The van der Waals surface area contributed by atoms with E-state index in [1.54, 1.807) is 22.9 Å². The van der Waals surface area contributed by atoms with Crippen LogP contribution in [0.3, 0.4) is 0 Å². The molecule has 4 rings (SSSR count). The first-order chi connectivity index (χ1) is 20.2. The zero-order valence-corrected chi connectivity index (χ0v) is 25.0. The molecule has 0 saturated heterocycles. The van der Waals surface area contributed by atoms with Crippen LogP contribution < -0.4 is 26.7 Å². The molecule has 0 aliphatic rings. The maximum Gasteiger partial charge on any atom is 0.323 e. The van der Waals surface area contributed by atoms with Crippen molar-refractivity contribution in [3.05, 3.63) is 76.2 Å². The largest absolute Gasteiger partial charge is 0.491 e. The second-order valence-corrected chi connectivity index (χ2v) is 11.0. The van der Waals surface area contributed by atoms with Crippen molar-refractivity contribution in [2.24, 2.45) is 0 Å². The van der Waals surface area contributed by atoms with E-state index in [1.165, 1.54) is 0 Å². The average molecular weight is 572 g/mol. The number of aryl methyl sites for hydroxylation is 1. The topological polar surface area (TPSA) is 132 Å². The Bertz CT molecular complexity index is 1600. The van der Waals surface area contributed by atoms with E-state index in [-0.39, 0.29) is 36.3 Å². The number of ether oxygens (including phenoxy) is 1. The summed E-state index contributed by atoms with van der Waals surface area (Å²) < 4.78 is 7.29. The number of nitrogens with zero attached hydrogens (tertiary/aromatic N) is 2. The summed E-state index contributed by atoms with van der Waals surface area (Å²) in [6.45, 7) is 10.7. The van der Waals surface area contributed by atoms with E-state index in [4.69, 9.17) is 10.5 Å². The van der Waals surface area contributed by atoms with E-state index in [0.717, 1.165) is 29.4 Å². The molecule has 222 valence electrons. The second kappa shape index (κ2) is 13.5. The minimum Gasteiger partial charge on any atom is -0.491 e. The van der Waals surface area contributed by atoms with Crippen LogP contribution in [0.2, 0.25) is 0 Å². The number of benzene rings is 2. The van der Waals surface area contributed by atoms with Crippen LogP contribution >= 0.6 is 0 Å². The lowest BCUT2D eigenvalue weighted by atomic mass is 9.92. The standard InChI is InChI=1S/C33H41N5O4/c1-6-7-14-38-31-25(12-9-13-35-31)28(22-10-8-11-24(17-22)42-16-15-39)30(32(38)40)37-33(41)36-29-26(20(2)3)18-23(34)19-27(29)21(4)5/h8-13,17-21,39H,6-7,14-16,34H2,1-5H3,(H2,36,37,41). The number of hydrogen-bond donors (Lipinski definition) is 4. The van der Waals surface area contributed by atoms with Gasteiger partial charge in [0, 0.05) is 35.1 Å². The molecule has 5 N–H and O–H groups in total. The van der Waals surface area contributed by atoms with Gasteiger partial charge in [-0.15, -0.1) is 0 Å². The van der Waals surface area contributed by atoms with Crippen molar-refractivity contribution in [3.63, 3.8) is 0 Å². The summed E-state index contributed by atoms with van der Waals surface area (Å²) in [6.07, 6.45) is 3.33. The summed E-state index contributed by atoms with van der Waals surface area (Å²) in [5, 5.41) is 15.9. The molecule has 0 aliphatic heterocycles. The monoisotopic (exact) mass is 571 g/mol. The molecule has 0 atom stereocenters. The van der Waals surface area contributed by atoms with E-state index in [9.17, 15) is 14.7 Å². The number of amides is 2. The molecule has 42 heavy (non-hydrogen) atoms. The number of rotatable bonds is 11. The van der Waals surface area contributed by atoms with Crippen molar-refractivity contribution in [1.29, 1.82) is 0 Å². The van der Waals surface area contributed by atoms with Crippen LogP contribution in [-0.4, -0.2) is 33.9 Å². The lowest BCUT2D eigenvalue weighted by Crippen LogP contribution is -2.30. The summed E-state index contributed by atoms with van der Waals surface area (Å²) in [6, 6.07) is 14.2. The molecule has 2 heterocycles. The maximum atomic E-state index is 14.1. The Hall–Kier alpha value is -4.37. The number of carbonyl (C=O) groups is 1. The molecule has 2 aromatic heterocycles. The summed E-state index contributed by atoms with van der Waals surface area (Å²) in [7, 11) is 0. The van der Waals surface area contributed by atoms with Crippen molar-refractivity contribution >= 4 is 34.1 Å². The van der Waals surface area contributed by atoms with Crippen LogP contribution in [-0.2, 0) is 6.54 Å². The summed E-state index contributed by atoms with van der Waals surface area (Å²) in [5.74, 6) is 0.752. The fraction of sp³-hybridized carbons (Fsp3) is 0.364. The number of urea groups is 1. The summed E-state index contributed by atoms with van der Waals surface area (Å²) in [4.78, 5) is 32.4. The first kappa shape index (κ1) is 30.6. The SMILES string of the molecule is CCCCn1c(=O)c(NC(=O)Nc2c(C(C)C)cc(N)cc2C(C)C)c(-c2cccc(OCCO)c2)c2cccnc21. The van der Waals surface area contributed by atoms with Crippen LogP contribution in [0.1, 0.15) is 70.4 Å². The normalized spacial score (nSPS) is 11.3. The quantitative estimate of drug-likeness (QED) is 0.148. The molecule has 0 aliphatic carbocycles. The Labute approximate surface area is 246 Å². The Morgan fingerprint density at radius 2 is 1.71 bits per heavy atom. The number of nitrogens with one attached hydrogen (secondary N) is 2. The third kappa shape index (κ3) is 6.57. The number of unbranched alkanes of at least 4 members (excludes halogenated alkanes) is 1. The number of pyridine rings is 2. The zero-order valence-electron chi connectivity index (χ0n) is 25.0. The van der Waals surface area contributed by atoms with Crippen molar-refractivity contribution in [3.8, 4) is 16.9 Å². The Morgan fingerprint density at radius 1 is 1.02 bits per heavy atom. The van der Waals surface area contributed by atoms with E-state index < -0.39 is 6.03 Å². The van der Waals surface area contributed by atoms with Crippen LogP contribution in [0, 0.1) is 0 Å². The van der Waals surface area contributed by atoms with Gasteiger partial charge in [0.15, 0.2) is 0 Å². The minimum absolute atomic E-state index is 0.108. The van der Waals surface area contributed by atoms with Gasteiger partial charge in [0.05, 0.1) is 6.61 Å². The first-order valence-corrected chi connectivity index (χ1v) is 14.5. The highest BCUT2D eigenvalue weighted by Gasteiger charge is 2.23. The van der Waals surface area contributed by atoms with Crippen molar-refractivity contribution in [2.75, 3.05) is 29.6 Å². The molecule has 0 fully saturated rings. The van der Waals surface area contributed by atoms with Gasteiger partial charge in [-0.2, -0.15) is 0 Å². The molecule has 0 bridgehead atoms. The van der Waals surface area contributed by atoms with Gasteiger partial charge < -0.3 is 26.2 Å². The smallest absolute Gasteiger partial charge is 0.323 e. The number of nitrogen functional groups attached to an aromatic ring is 1. The van der Waals surface area contributed by atoms with Gasteiger partial charge in [-0.1, -0.05) is 53.2 Å². The molecule has 0 spiro atoms. The highest BCUT2D eigenvalue weighted by atomic mass is 16.5. The lowest BCUT2D eigenvalue weighted by molar-refractivity contribution is 0.201. The third-order valence-electron chi connectivity index (χ3n) is 7.18. The molecule has 2 amide bonds. The fourth-order valence-corrected chi connectivity index (χ4v) is 5.15. The molecule has 0 radical (unpaired) electrons. The van der Waals surface area contributed by atoms with Crippen LogP contribution in [0.4, 0.5) is 21.9 Å². The minimum atomic E-state index is -0.528. The predicted octanol–water partition coefficient (Wildman–Crippen LogP) is 6.71. The van der Waals surface area contributed by atoms with Crippen LogP contribution in [0.15, 0.2) is 59.5 Å². The molecular formula is C33H41N5O4. The third-order valence-corrected chi connectivity index (χ3v) is 7.18. The summed E-state index contributed by atoms with van der Waals surface area (Å²) in [5.41, 5.74) is 11.0. The Kier molecular flexibility index (Phi) is 9.85. The van der Waals surface area contributed by atoms with Gasteiger partial charge in [0.25, 0.3) is 5.56 Å². The molecule has 9 heteroatoms. The number of carbonyl (C=O) groups excluding carboxylic acids is 1. The number of nitrogens with two attached hydrogens (primary N) is 1. The molecule has 0 saturated carbocycles. The van der Waals surface area contributed by atoms with Crippen molar-refractivity contribution in [1.82, 2.24) is 9.55 Å². The molecule has 4 aromatic rings. The number of anilines is 3. The molecule has 9 nitrogen and oxygen atoms in total. The lowest BCUT2D eigenvalue weighted by Gasteiger charge is -2.22. The fourth-order valence-electron chi connectivity index (χ4n) is 5.15. The van der Waals surface area contributed by atoms with Crippen LogP contribution in [0.5, 0.6) is 5.75 Å². The van der Waals surface area contributed by atoms with Gasteiger partial charge in [0.2, 0.25) is 0 Å². The van der Waals surface area contributed by atoms with E-state index in [1.807, 2.05) is 36.4 Å². The first-order valence-electron chi connectivity index (χ1n) is 14.5. The zero-order chi connectivity index (χ0) is 30.4. The summed E-state index contributed by atoms with van der Waals surface area (Å²) >= 11 is 0. The average Bonchev–Trinajstić information content (AvgIpc) is 2.96. The van der Waals surface area contributed by atoms with E-state index in [2.05, 4.69) is 50.2 Å². The maximum absolute atomic E-state index is 14.1. The molecular weight excluding hydrogens is 530 g/mol. The van der Waals surface area contributed by atoms with Crippen molar-refractivity contribution < 1.29 is 14.6 Å². The van der Waals surface area contributed by atoms with Crippen LogP contribution in [0.25, 0.3) is 22.2 Å². The van der Waals surface area contributed by atoms with Gasteiger partial charge in [-0.3, -0.25) is 9.36 Å². The number of hydrogen-bond acceptors (Lipinski definition) is 6. The number of aliphatic hydroxyl groups is 1. The van der Waals surface area contributed by atoms with Gasteiger partial charge in [-0.05, 0) is 71.3 Å². The predicted molar refractivity (Wildman–Crippen MR) is 171 cm³/mol. The van der Waals surface area contributed by atoms with Gasteiger partial charge in [0.1, 0.15) is 23.7 Å². The number of aliphatic hydroxyl groups excluding tert-OH is 1. The molecule has 2 aromatic carbocycles. The van der Waals surface area contributed by atoms with Gasteiger partial charge in [-0.25, -0.2) is 9.78 Å². The molecule has 0 unspecified atom stereocenters. The van der Waals surface area contributed by atoms with E-state index >= 15 is 0 Å². The van der Waals surface area contributed by atoms with Gasteiger partial charge >= 0.3 is 6.03 Å². The number of aromatic nitrogens is 2.